The number of halogens is 1. The van der Waals surface area contributed by atoms with E-state index in [-0.39, 0.29) is 17.8 Å². The number of ether oxygens (including phenoxy) is 1. The molecule has 116 valence electrons. The number of anilines is 1. The van der Waals surface area contributed by atoms with Crippen LogP contribution < -0.4 is 4.90 Å². The number of benzene rings is 2. The average molecular weight is 301 g/mol. The van der Waals surface area contributed by atoms with Gasteiger partial charge in [-0.25, -0.2) is 9.18 Å². The lowest BCUT2D eigenvalue weighted by molar-refractivity contribution is 0.0582. The van der Waals surface area contributed by atoms with Crippen molar-refractivity contribution in [2.75, 3.05) is 11.4 Å². The second kappa shape index (κ2) is 4.97. The van der Waals surface area contributed by atoms with Gasteiger partial charge in [0.15, 0.2) is 0 Å². The maximum atomic E-state index is 13.4. The summed E-state index contributed by atoms with van der Waals surface area (Å²) in [5.74, 6) is -0.0567. The van der Waals surface area contributed by atoms with Crippen LogP contribution in [-0.2, 0) is 4.74 Å². The number of hydrogen-bond donors (Lipinski definition) is 0. The molecule has 1 atom stereocenters. The second-order valence-corrected chi connectivity index (χ2v) is 6.86. The summed E-state index contributed by atoms with van der Waals surface area (Å²) in [6.07, 6.45) is -0.334. The fraction of sp³-hybridized carbons (Fsp3) is 0.389. The molecule has 0 bridgehead atoms. The SMILES string of the molecule is CC1CN(C(=O)OC(C)(C)C)c2ccc3cc(F)ccc3c21. The number of carbonyl (C=O) groups is 1. The Kier molecular flexibility index (Phi) is 3.35. The van der Waals surface area contributed by atoms with Gasteiger partial charge in [0.05, 0.1) is 5.69 Å². The number of nitrogens with zero attached hydrogens (tertiary/aromatic N) is 1. The van der Waals surface area contributed by atoms with Crippen LogP contribution in [0.4, 0.5) is 14.9 Å². The number of rotatable bonds is 0. The fourth-order valence-corrected chi connectivity index (χ4v) is 3.02. The molecular formula is C18H20FNO2. The van der Waals surface area contributed by atoms with Crippen molar-refractivity contribution >= 4 is 22.6 Å². The maximum Gasteiger partial charge on any atom is 0.414 e. The smallest absolute Gasteiger partial charge is 0.414 e. The summed E-state index contributed by atoms with van der Waals surface area (Å²) in [5.41, 5.74) is 1.42. The molecule has 0 fully saturated rings. The molecular weight excluding hydrogens is 281 g/mol. The third kappa shape index (κ3) is 2.54. The summed E-state index contributed by atoms with van der Waals surface area (Å²) in [7, 11) is 0. The lowest BCUT2D eigenvalue weighted by Gasteiger charge is -2.25. The molecule has 0 aromatic heterocycles. The van der Waals surface area contributed by atoms with Gasteiger partial charge in [0.1, 0.15) is 11.4 Å². The van der Waals surface area contributed by atoms with Crippen molar-refractivity contribution in [3.63, 3.8) is 0 Å². The van der Waals surface area contributed by atoms with Crippen molar-refractivity contribution in [1.29, 1.82) is 0 Å². The van der Waals surface area contributed by atoms with Gasteiger partial charge in [-0.1, -0.05) is 19.1 Å². The number of hydrogen-bond acceptors (Lipinski definition) is 2. The highest BCUT2D eigenvalue weighted by Crippen LogP contribution is 2.41. The van der Waals surface area contributed by atoms with Gasteiger partial charge < -0.3 is 4.74 Å². The lowest BCUT2D eigenvalue weighted by atomic mass is 9.96. The highest BCUT2D eigenvalue weighted by molar-refractivity contribution is 5.99. The second-order valence-electron chi connectivity index (χ2n) is 6.86. The topological polar surface area (TPSA) is 29.5 Å². The zero-order valence-corrected chi connectivity index (χ0v) is 13.3. The van der Waals surface area contributed by atoms with E-state index < -0.39 is 5.60 Å². The zero-order valence-electron chi connectivity index (χ0n) is 13.3. The first-order valence-electron chi connectivity index (χ1n) is 7.49. The van der Waals surface area contributed by atoms with E-state index in [0.29, 0.717) is 6.54 Å². The predicted molar refractivity (Wildman–Crippen MR) is 85.9 cm³/mol. The summed E-state index contributed by atoms with van der Waals surface area (Å²) in [5, 5.41) is 1.86. The van der Waals surface area contributed by atoms with Crippen LogP contribution in [0.2, 0.25) is 0 Å². The van der Waals surface area contributed by atoms with Gasteiger partial charge in [0.2, 0.25) is 0 Å². The molecule has 0 spiro atoms. The molecule has 0 aliphatic carbocycles. The summed E-state index contributed by atoms with van der Waals surface area (Å²) < 4.78 is 18.9. The molecule has 1 unspecified atom stereocenters. The van der Waals surface area contributed by atoms with Crippen molar-refractivity contribution in [1.82, 2.24) is 0 Å². The minimum absolute atomic E-state index is 0.191. The van der Waals surface area contributed by atoms with Gasteiger partial charge in [0, 0.05) is 12.5 Å². The normalized spacial score (nSPS) is 17.7. The van der Waals surface area contributed by atoms with E-state index in [1.807, 2.05) is 32.9 Å². The molecule has 2 aromatic rings. The van der Waals surface area contributed by atoms with Crippen LogP contribution in [0.3, 0.4) is 0 Å². The quantitative estimate of drug-likeness (QED) is 0.697. The highest BCUT2D eigenvalue weighted by atomic mass is 19.1. The van der Waals surface area contributed by atoms with Gasteiger partial charge in [-0.2, -0.15) is 0 Å². The number of amides is 1. The van der Waals surface area contributed by atoms with Crippen LogP contribution in [0.15, 0.2) is 30.3 Å². The molecule has 3 rings (SSSR count). The van der Waals surface area contributed by atoms with Crippen LogP contribution in [0.25, 0.3) is 10.8 Å². The largest absolute Gasteiger partial charge is 0.443 e. The van der Waals surface area contributed by atoms with E-state index in [9.17, 15) is 9.18 Å². The summed E-state index contributed by atoms with van der Waals surface area (Å²) in [4.78, 5) is 14.1. The molecule has 3 nitrogen and oxygen atoms in total. The van der Waals surface area contributed by atoms with Crippen molar-refractivity contribution in [2.45, 2.75) is 39.2 Å². The standard InChI is InChI=1S/C18H20FNO2/c1-11-10-20(17(21)22-18(2,3)4)15-8-5-12-9-13(19)6-7-14(12)16(11)15/h5-9,11H,10H2,1-4H3. The van der Waals surface area contributed by atoms with E-state index >= 15 is 0 Å². The molecule has 1 heterocycles. The molecule has 22 heavy (non-hydrogen) atoms. The Morgan fingerprint density at radius 1 is 1.27 bits per heavy atom. The van der Waals surface area contributed by atoms with Gasteiger partial charge in [-0.15, -0.1) is 0 Å². The van der Waals surface area contributed by atoms with Gasteiger partial charge >= 0.3 is 6.09 Å². The molecule has 1 aliphatic heterocycles. The van der Waals surface area contributed by atoms with Crippen LogP contribution in [0.5, 0.6) is 0 Å². The summed E-state index contributed by atoms with van der Waals surface area (Å²) in [6, 6.07) is 8.51. The zero-order chi connectivity index (χ0) is 16.1. The van der Waals surface area contributed by atoms with Crippen LogP contribution in [0, 0.1) is 5.82 Å². The van der Waals surface area contributed by atoms with Crippen LogP contribution in [0.1, 0.15) is 39.2 Å². The van der Waals surface area contributed by atoms with Crippen LogP contribution in [-0.4, -0.2) is 18.2 Å². The highest BCUT2D eigenvalue weighted by Gasteiger charge is 2.33. The Bertz CT molecular complexity index is 749. The first kappa shape index (κ1) is 14.8. The first-order chi connectivity index (χ1) is 10.3. The average Bonchev–Trinajstić information content (AvgIpc) is 2.74. The third-order valence-corrected chi connectivity index (χ3v) is 3.85. The van der Waals surface area contributed by atoms with E-state index in [4.69, 9.17) is 4.74 Å². The predicted octanol–water partition coefficient (Wildman–Crippen LogP) is 4.84. The Morgan fingerprint density at radius 3 is 2.68 bits per heavy atom. The Balaban J connectivity index is 2.06. The van der Waals surface area contributed by atoms with E-state index in [2.05, 4.69) is 6.92 Å². The van der Waals surface area contributed by atoms with Gasteiger partial charge in [-0.3, -0.25) is 4.90 Å². The number of carbonyl (C=O) groups excluding carboxylic acids is 1. The van der Waals surface area contributed by atoms with E-state index in [1.54, 1.807) is 11.0 Å². The Morgan fingerprint density at radius 2 is 2.00 bits per heavy atom. The Hall–Kier alpha value is -2.10. The van der Waals surface area contributed by atoms with Crippen molar-refractivity contribution in [3.8, 4) is 0 Å². The Labute approximate surface area is 129 Å². The molecule has 1 amide bonds. The number of fused-ring (bicyclic) bond motifs is 3. The minimum atomic E-state index is -0.525. The minimum Gasteiger partial charge on any atom is -0.443 e. The summed E-state index contributed by atoms with van der Waals surface area (Å²) in [6.45, 7) is 8.23. The van der Waals surface area contributed by atoms with Crippen molar-refractivity contribution < 1.29 is 13.9 Å². The summed E-state index contributed by atoms with van der Waals surface area (Å²) >= 11 is 0. The van der Waals surface area contributed by atoms with Crippen molar-refractivity contribution in [3.05, 3.63) is 41.7 Å². The molecule has 0 N–H and O–H groups in total. The fourth-order valence-electron chi connectivity index (χ4n) is 3.02. The molecule has 1 aliphatic rings. The molecule has 0 saturated carbocycles. The van der Waals surface area contributed by atoms with E-state index in [0.717, 1.165) is 22.0 Å². The maximum absolute atomic E-state index is 13.4. The molecule has 4 heteroatoms. The molecule has 0 radical (unpaired) electrons. The van der Waals surface area contributed by atoms with Gasteiger partial charge in [0.25, 0.3) is 0 Å². The first-order valence-corrected chi connectivity index (χ1v) is 7.49. The van der Waals surface area contributed by atoms with E-state index in [1.165, 1.54) is 12.1 Å². The van der Waals surface area contributed by atoms with Gasteiger partial charge in [-0.05, 0) is 55.3 Å². The molecule has 0 saturated heterocycles. The molecule has 2 aromatic carbocycles. The third-order valence-electron chi connectivity index (χ3n) is 3.85. The lowest BCUT2D eigenvalue weighted by Crippen LogP contribution is -2.36. The monoisotopic (exact) mass is 301 g/mol. The van der Waals surface area contributed by atoms with Crippen molar-refractivity contribution in [2.24, 2.45) is 0 Å². The van der Waals surface area contributed by atoms with Crippen LogP contribution >= 0.6 is 0 Å².